The molecule has 0 aliphatic heterocycles. The lowest BCUT2D eigenvalue weighted by Gasteiger charge is -2.13. The minimum Gasteiger partial charge on any atom is -0.258 e. The number of H-pyrrole nitrogens is 1. The van der Waals surface area contributed by atoms with Gasteiger partial charge in [0.25, 0.3) is 0 Å². The first-order valence-corrected chi connectivity index (χ1v) is 11.7. The number of hydrogen-bond acceptors (Lipinski definition) is 7. The van der Waals surface area contributed by atoms with Gasteiger partial charge in [-0.2, -0.15) is 39.5 Å². The summed E-state index contributed by atoms with van der Waals surface area (Å²) in [5, 5.41) is 6.13. The van der Waals surface area contributed by atoms with Crippen LogP contribution in [0.5, 0.6) is 0 Å². The van der Waals surface area contributed by atoms with Gasteiger partial charge in [0.1, 0.15) is 15.2 Å². The van der Waals surface area contributed by atoms with E-state index in [2.05, 4.69) is 30.1 Å². The third-order valence-electron chi connectivity index (χ3n) is 4.43. The van der Waals surface area contributed by atoms with Crippen molar-refractivity contribution in [2.24, 2.45) is 0 Å². The van der Waals surface area contributed by atoms with Crippen LogP contribution in [0, 0.1) is 0 Å². The first kappa shape index (κ1) is 28.0. The molecule has 0 radical (unpaired) electrons. The predicted molar refractivity (Wildman–Crippen MR) is 116 cm³/mol. The van der Waals surface area contributed by atoms with E-state index in [0.717, 1.165) is 35.7 Å². The van der Waals surface area contributed by atoms with Gasteiger partial charge in [0.05, 0.1) is 16.7 Å². The van der Waals surface area contributed by atoms with E-state index in [9.17, 15) is 39.5 Å². The minimum atomic E-state index is -5.04. The summed E-state index contributed by atoms with van der Waals surface area (Å²) in [6.45, 7) is 0. The number of aromatic nitrogens is 6. The highest BCUT2D eigenvalue weighted by molar-refractivity contribution is 7.99. The van der Waals surface area contributed by atoms with E-state index in [1.807, 2.05) is 0 Å². The van der Waals surface area contributed by atoms with Crippen LogP contribution >= 0.6 is 35.1 Å². The Kier molecular flexibility index (Phi) is 7.55. The number of rotatable bonds is 5. The van der Waals surface area contributed by atoms with E-state index in [4.69, 9.17) is 11.6 Å². The minimum absolute atomic E-state index is 0.00397. The highest BCUT2D eigenvalue weighted by atomic mass is 35.5. The van der Waals surface area contributed by atoms with Crippen LogP contribution in [0.3, 0.4) is 0 Å². The molecule has 200 valence electrons. The zero-order valence-corrected chi connectivity index (χ0v) is 20.3. The molecule has 6 nitrogen and oxygen atoms in total. The standard InChI is InChI=1S/C20H8ClF9N6S2/c21-12-6-14(33-16(32-12)37-13-2-1-9(7-31-13)18(22,23)24)38-17-34-15(35-36-17)8-3-10(19(25,26)27)5-11(4-8)20(28,29)30/h1-7H,(H,34,35,36). The summed E-state index contributed by atoms with van der Waals surface area (Å²) in [5.41, 5.74) is -4.49. The van der Waals surface area contributed by atoms with Gasteiger partial charge in [-0.3, -0.25) is 5.10 Å². The molecule has 0 spiro atoms. The van der Waals surface area contributed by atoms with Crippen molar-refractivity contribution in [1.29, 1.82) is 0 Å². The zero-order valence-electron chi connectivity index (χ0n) is 17.9. The third kappa shape index (κ3) is 6.87. The van der Waals surface area contributed by atoms with Crippen molar-refractivity contribution in [2.45, 2.75) is 38.9 Å². The van der Waals surface area contributed by atoms with E-state index in [1.165, 1.54) is 6.07 Å². The van der Waals surface area contributed by atoms with Crippen LogP contribution in [0.1, 0.15) is 16.7 Å². The van der Waals surface area contributed by atoms with Crippen molar-refractivity contribution in [2.75, 3.05) is 0 Å². The molecule has 38 heavy (non-hydrogen) atoms. The first-order valence-electron chi connectivity index (χ1n) is 9.74. The quantitative estimate of drug-likeness (QED) is 0.143. The van der Waals surface area contributed by atoms with Crippen LogP contribution in [0.15, 0.2) is 63.0 Å². The van der Waals surface area contributed by atoms with Crippen LogP contribution in [0.25, 0.3) is 11.4 Å². The van der Waals surface area contributed by atoms with Crippen LogP contribution < -0.4 is 0 Å². The molecule has 18 heteroatoms. The molecular formula is C20H8ClF9N6S2. The number of hydrogen-bond donors (Lipinski definition) is 1. The number of alkyl halides is 9. The lowest BCUT2D eigenvalue weighted by molar-refractivity contribution is -0.143. The SMILES string of the molecule is FC(F)(F)c1ccc(Sc2nc(Cl)cc(Sc3n[nH]c(-c4cc(C(F)(F)F)cc(C(F)(F)F)c4)n3)n2)nc1. The summed E-state index contributed by atoms with van der Waals surface area (Å²) in [5.74, 6) is -0.368. The van der Waals surface area contributed by atoms with Gasteiger partial charge in [0.2, 0.25) is 5.16 Å². The number of benzene rings is 1. The Labute approximate surface area is 219 Å². The first-order chi connectivity index (χ1) is 17.6. The van der Waals surface area contributed by atoms with Gasteiger partial charge < -0.3 is 0 Å². The van der Waals surface area contributed by atoms with Crippen molar-refractivity contribution in [3.05, 3.63) is 64.4 Å². The number of nitrogens with one attached hydrogen (secondary N) is 1. The molecule has 0 atom stereocenters. The van der Waals surface area contributed by atoms with Gasteiger partial charge in [-0.25, -0.2) is 19.9 Å². The summed E-state index contributed by atoms with van der Waals surface area (Å²) in [6, 6.07) is 4.19. The Morgan fingerprint density at radius 2 is 1.26 bits per heavy atom. The molecule has 0 bridgehead atoms. The van der Waals surface area contributed by atoms with Crippen LogP contribution in [-0.2, 0) is 18.5 Å². The summed E-state index contributed by atoms with van der Waals surface area (Å²) in [4.78, 5) is 15.7. The van der Waals surface area contributed by atoms with Gasteiger partial charge in [-0.15, -0.1) is 5.10 Å². The second-order valence-electron chi connectivity index (χ2n) is 7.16. The lowest BCUT2D eigenvalue weighted by atomic mass is 10.0. The average Bonchev–Trinajstić information content (AvgIpc) is 3.25. The third-order valence-corrected chi connectivity index (χ3v) is 6.23. The molecule has 4 aromatic rings. The number of nitrogens with zero attached hydrogens (tertiary/aromatic N) is 5. The molecule has 0 fully saturated rings. The zero-order chi connectivity index (χ0) is 27.9. The maximum Gasteiger partial charge on any atom is 0.417 e. The molecule has 0 aliphatic carbocycles. The molecule has 1 N–H and O–H groups in total. The molecule has 0 saturated heterocycles. The number of aromatic amines is 1. The molecule has 0 amide bonds. The molecule has 0 unspecified atom stereocenters. The van der Waals surface area contributed by atoms with E-state index < -0.39 is 40.8 Å². The van der Waals surface area contributed by atoms with Gasteiger partial charge >= 0.3 is 18.5 Å². The summed E-state index contributed by atoms with van der Waals surface area (Å²) < 4.78 is 117. The summed E-state index contributed by atoms with van der Waals surface area (Å²) in [7, 11) is 0. The Balaban J connectivity index is 1.57. The molecule has 4 rings (SSSR count). The van der Waals surface area contributed by atoms with E-state index in [0.29, 0.717) is 18.3 Å². The maximum atomic E-state index is 13.1. The van der Waals surface area contributed by atoms with Gasteiger partial charge in [-0.1, -0.05) is 11.6 Å². The number of halogens is 10. The lowest BCUT2D eigenvalue weighted by Crippen LogP contribution is -2.11. The second kappa shape index (κ2) is 10.3. The molecule has 0 aliphatic rings. The van der Waals surface area contributed by atoms with Crippen molar-refractivity contribution >= 4 is 35.1 Å². The second-order valence-corrected chi connectivity index (χ2v) is 9.52. The Morgan fingerprint density at radius 1 is 0.658 bits per heavy atom. The van der Waals surface area contributed by atoms with E-state index >= 15 is 0 Å². The van der Waals surface area contributed by atoms with Gasteiger partial charge in [0, 0.05) is 17.8 Å². The van der Waals surface area contributed by atoms with Crippen LogP contribution in [0.2, 0.25) is 5.15 Å². The van der Waals surface area contributed by atoms with Crippen molar-refractivity contribution in [1.82, 2.24) is 30.1 Å². The van der Waals surface area contributed by atoms with Gasteiger partial charge in [-0.05, 0) is 53.9 Å². The summed E-state index contributed by atoms with van der Waals surface area (Å²) >= 11 is 7.53. The number of pyridine rings is 1. The normalized spacial score (nSPS) is 12.7. The highest BCUT2D eigenvalue weighted by Crippen LogP contribution is 2.39. The molecule has 3 aromatic heterocycles. The fourth-order valence-electron chi connectivity index (χ4n) is 2.78. The largest absolute Gasteiger partial charge is 0.417 e. The van der Waals surface area contributed by atoms with E-state index in [1.54, 1.807) is 0 Å². The highest BCUT2D eigenvalue weighted by Gasteiger charge is 2.37. The Hall–Kier alpha value is -3.05. The van der Waals surface area contributed by atoms with Crippen molar-refractivity contribution in [3.8, 4) is 11.4 Å². The Morgan fingerprint density at radius 3 is 1.82 bits per heavy atom. The topological polar surface area (TPSA) is 80.2 Å². The average molecular weight is 603 g/mol. The van der Waals surface area contributed by atoms with E-state index in [-0.39, 0.29) is 37.4 Å². The summed E-state index contributed by atoms with van der Waals surface area (Å²) in [6.07, 6.45) is -14.0. The predicted octanol–water partition coefficient (Wildman–Crippen LogP) is 7.67. The van der Waals surface area contributed by atoms with Crippen LogP contribution in [-0.4, -0.2) is 30.1 Å². The van der Waals surface area contributed by atoms with Crippen molar-refractivity contribution < 1.29 is 39.5 Å². The molecular weight excluding hydrogens is 595 g/mol. The Bertz CT molecular complexity index is 1420. The maximum absolute atomic E-state index is 13.1. The molecule has 0 saturated carbocycles. The van der Waals surface area contributed by atoms with Crippen LogP contribution in [0.4, 0.5) is 39.5 Å². The fourth-order valence-corrected chi connectivity index (χ4v) is 4.57. The molecule has 3 heterocycles. The van der Waals surface area contributed by atoms with Crippen molar-refractivity contribution in [3.63, 3.8) is 0 Å². The smallest absolute Gasteiger partial charge is 0.258 e. The fraction of sp³-hybridized carbons (Fsp3) is 0.150. The monoisotopic (exact) mass is 602 g/mol. The van der Waals surface area contributed by atoms with Gasteiger partial charge in [0.15, 0.2) is 11.0 Å². The molecule has 1 aromatic carbocycles.